The Hall–Kier alpha value is -1.40. The normalized spacial score (nSPS) is 24.5. The molecule has 2 aliphatic rings. The highest BCUT2D eigenvalue weighted by Gasteiger charge is 2.46. The van der Waals surface area contributed by atoms with Gasteiger partial charge in [0.15, 0.2) is 0 Å². The van der Waals surface area contributed by atoms with Crippen LogP contribution in [0.1, 0.15) is 31.2 Å². The van der Waals surface area contributed by atoms with Crippen molar-refractivity contribution in [2.75, 3.05) is 19.6 Å². The van der Waals surface area contributed by atoms with Gasteiger partial charge in [0.05, 0.1) is 4.90 Å². The number of sulfonamides is 1. The molecule has 0 aromatic heterocycles. The van der Waals surface area contributed by atoms with Gasteiger partial charge in [0.2, 0.25) is 10.0 Å². The highest BCUT2D eigenvalue weighted by Crippen LogP contribution is 2.40. The Balaban J connectivity index is 1.58. The van der Waals surface area contributed by atoms with Gasteiger partial charge in [-0.2, -0.15) is 4.31 Å². The van der Waals surface area contributed by atoms with E-state index in [0.717, 1.165) is 49.4 Å². The summed E-state index contributed by atoms with van der Waals surface area (Å²) in [4.78, 5) is 2.85. The summed E-state index contributed by atoms with van der Waals surface area (Å²) in [5, 5.41) is 0.782. The zero-order chi connectivity index (χ0) is 18.9. The van der Waals surface area contributed by atoms with Crippen LogP contribution in [0.5, 0.6) is 0 Å². The summed E-state index contributed by atoms with van der Waals surface area (Å²) in [6.07, 6.45) is 4.07. The van der Waals surface area contributed by atoms with Crippen molar-refractivity contribution >= 4 is 21.6 Å². The Labute approximate surface area is 166 Å². The lowest BCUT2D eigenvalue weighted by Gasteiger charge is -2.45. The molecule has 6 heteroatoms. The molecular weight excluding hydrogens is 380 g/mol. The maximum absolute atomic E-state index is 13.1. The van der Waals surface area contributed by atoms with Gasteiger partial charge in [0, 0.05) is 30.2 Å². The molecule has 1 spiro atoms. The van der Waals surface area contributed by atoms with Crippen molar-refractivity contribution in [1.29, 1.82) is 0 Å². The minimum Gasteiger partial charge on any atom is -0.292 e. The number of hydrogen-bond donors (Lipinski definition) is 0. The fraction of sp³-hybridized carbons (Fsp3) is 0.429. The second-order valence-corrected chi connectivity index (χ2v) is 9.94. The van der Waals surface area contributed by atoms with E-state index in [2.05, 4.69) is 11.0 Å². The number of halogens is 1. The van der Waals surface area contributed by atoms with Gasteiger partial charge < -0.3 is 0 Å². The highest BCUT2D eigenvalue weighted by molar-refractivity contribution is 7.89. The van der Waals surface area contributed by atoms with Gasteiger partial charge in [0.1, 0.15) is 0 Å². The van der Waals surface area contributed by atoms with Gasteiger partial charge in [-0.3, -0.25) is 4.90 Å². The topological polar surface area (TPSA) is 40.6 Å². The third kappa shape index (κ3) is 3.66. The lowest BCUT2D eigenvalue weighted by Crippen LogP contribution is -2.56. The quantitative estimate of drug-likeness (QED) is 0.768. The molecule has 4 rings (SSSR count). The highest BCUT2D eigenvalue weighted by atomic mass is 35.5. The van der Waals surface area contributed by atoms with Crippen LogP contribution in [0, 0.1) is 0 Å². The van der Waals surface area contributed by atoms with E-state index in [4.69, 9.17) is 11.6 Å². The third-order valence-electron chi connectivity index (χ3n) is 5.96. The first-order valence-electron chi connectivity index (χ1n) is 9.55. The lowest BCUT2D eigenvalue weighted by molar-refractivity contribution is 0.0679. The Bertz CT molecular complexity index is 903. The molecule has 2 aromatic rings. The van der Waals surface area contributed by atoms with E-state index < -0.39 is 10.0 Å². The molecule has 0 amide bonds. The first-order chi connectivity index (χ1) is 13.0. The molecule has 1 atom stereocenters. The zero-order valence-electron chi connectivity index (χ0n) is 15.4. The molecule has 0 unspecified atom stereocenters. The van der Waals surface area contributed by atoms with Crippen LogP contribution in [0.2, 0.25) is 5.02 Å². The Kier molecular flexibility index (Phi) is 5.30. The number of hydrogen-bond acceptors (Lipinski definition) is 3. The first kappa shape index (κ1) is 18.9. The molecule has 0 saturated carbocycles. The van der Waals surface area contributed by atoms with E-state index in [1.54, 1.807) is 28.6 Å². The largest absolute Gasteiger partial charge is 0.292 e. The fourth-order valence-electron chi connectivity index (χ4n) is 4.55. The molecule has 2 heterocycles. The van der Waals surface area contributed by atoms with Crippen LogP contribution in [-0.4, -0.2) is 42.8 Å². The standard InChI is InChI=1S/C21H25ClN2O2S/c22-20-11-5-4-8-18(20)16-23-14-6-12-21(23)13-7-15-24(17-21)27(25,26)19-9-2-1-3-10-19/h1-5,8-11H,6-7,12-17H2/t21-/m0/s1. The van der Waals surface area contributed by atoms with Gasteiger partial charge in [-0.1, -0.05) is 48.0 Å². The number of rotatable bonds is 4. The maximum atomic E-state index is 13.1. The SMILES string of the molecule is O=S(=O)(c1ccccc1)N1CCC[C@@]2(CCCN2Cc2ccccc2Cl)C1. The van der Waals surface area contributed by atoms with Crippen LogP contribution in [0.15, 0.2) is 59.5 Å². The number of likely N-dealkylation sites (tertiary alicyclic amines) is 1. The number of piperidine rings is 1. The number of benzene rings is 2. The Morgan fingerprint density at radius 1 is 0.926 bits per heavy atom. The molecule has 0 N–H and O–H groups in total. The van der Waals surface area contributed by atoms with Crippen molar-refractivity contribution in [1.82, 2.24) is 9.21 Å². The molecule has 2 aromatic carbocycles. The summed E-state index contributed by atoms with van der Waals surface area (Å²) in [5.41, 5.74) is 1.03. The van der Waals surface area contributed by atoms with Gasteiger partial charge in [-0.25, -0.2) is 8.42 Å². The van der Waals surface area contributed by atoms with Crippen molar-refractivity contribution in [3.8, 4) is 0 Å². The average molecular weight is 405 g/mol. The number of nitrogens with zero attached hydrogens (tertiary/aromatic N) is 2. The minimum absolute atomic E-state index is 0.0841. The average Bonchev–Trinajstić information content (AvgIpc) is 3.05. The van der Waals surface area contributed by atoms with E-state index >= 15 is 0 Å². The summed E-state index contributed by atoms with van der Waals surface area (Å²) in [6, 6.07) is 16.7. The second kappa shape index (κ2) is 7.55. The summed E-state index contributed by atoms with van der Waals surface area (Å²) in [6.45, 7) is 2.93. The van der Waals surface area contributed by atoms with E-state index in [1.807, 2.05) is 24.3 Å². The van der Waals surface area contributed by atoms with Crippen molar-refractivity contribution < 1.29 is 8.42 Å². The van der Waals surface area contributed by atoms with Crippen LogP contribution in [0.3, 0.4) is 0 Å². The van der Waals surface area contributed by atoms with Crippen molar-refractivity contribution in [3.63, 3.8) is 0 Å². The summed E-state index contributed by atoms with van der Waals surface area (Å²) < 4.78 is 28.0. The van der Waals surface area contributed by atoms with Crippen molar-refractivity contribution in [2.24, 2.45) is 0 Å². The molecule has 0 aliphatic carbocycles. The van der Waals surface area contributed by atoms with E-state index in [-0.39, 0.29) is 5.54 Å². The summed E-state index contributed by atoms with van der Waals surface area (Å²) >= 11 is 6.38. The predicted molar refractivity (Wildman–Crippen MR) is 108 cm³/mol. The van der Waals surface area contributed by atoms with Crippen LogP contribution in [-0.2, 0) is 16.6 Å². The molecule has 2 aliphatic heterocycles. The van der Waals surface area contributed by atoms with Crippen LogP contribution in [0.4, 0.5) is 0 Å². The molecule has 144 valence electrons. The van der Waals surface area contributed by atoms with Gasteiger partial charge >= 0.3 is 0 Å². The second-order valence-electron chi connectivity index (χ2n) is 7.60. The Morgan fingerprint density at radius 2 is 1.59 bits per heavy atom. The van der Waals surface area contributed by atoms with Crippen LogP contribution >= 0.6 is 11.6 Å². The molecule has 2 saturated heterocycles. The first-order valence-corrected chi connectivity index (χ1v) is 11.4. The minimum atomic E-state index is -3.45. The zero-order valence-corrected chi connectivity index (χ0v) is 16.9. The summed E-state index contributed by atoms with van der Waals surface area (Å²) in [7, 11) is -3.45. The van der Waals surface area contributed by atoms with Gasteiger partial charge in [0.25, 0.3) is 0 Å². The third-order valence-corrected chi connectivity index (χ3v) is 8.19. The summed E-state index contributed by atoms with van der Waals surface area (Å²) in [5.74, 6) is 0. The van der Waals surface area contributed by atoms with Crippen molar-refractivity contribution in [2.45, 2.75) is 42.7 Å². The lowest BCUT2D eigenvalue weighted by atomic mass is 9.87. The fourth-order valence-corrected chi connectivity index (χ4v) is 6.33. The van der Waals surface area contributed by atoms with Crippen LogP contribution < -0.4 is 0 Å². The van der Waals surface area contributed by atoms with Crippen molar-refractivity contribution in [3.05, 3.63) is 65.2 Å². The van der Waals surface area contributed by atoms with E-state index in [0.29, 0.717) is 18.0 Å². The van der Waals surface area contributed by atoms with Gasteiger partial charge in [-0.05, 0) is 56.0 Å². The smallest absolute Gasteiger partial charge is 0.243 e. The molecule has 4 nitrogen and oxygen atoms in total. The molecule has 2 fully saturated rings. The van der Waals surface area contributed by atoms with E-state index in [1.165, 1.54) is 0 Å². The molecule has 0 bridgehead atoms. The monoisotopic (exact) mass is 404 g/mol. The molecule has 27 heavy (non-hydrogen) atoms. The Morgan fingerprint density at radius 3 is 2.33 bits per heavy atom. The predicted octanol–water partition coefficient (Wildman–Crippen LogP) is 4.16. The van der Waals surface area contributed by atoms with Crippen LogP contribution in [0.25, 0.3) is 0 Å². The van der Waals surface area contributed by atoms with E-state index in [9.17, 15) is 8.42 Å². The molecular formula is C21H25ClN2O2S. The van der Waals surface area contributed by atoms with Gasteiger partial charge in [-0.15, -0.1) is 0 Å². The maximum Gasteiger partial charge on any atom is 0.243 e. The molecule has 0 radical (unpaired) electrons.